The van der Waals surface area contributed by atoms with Crippen molar-refractivity contribution in [2.75, 3.05) is 0 Å². The second kappa shape index (κ2) is 3.21. The van der Waals surface area contributed by atoms with Crippen LogP contribution in [0.25, 0.3) is 0 Å². The maximum absolute atomic E-state index is 12.2. The minimum atomic E-state index is -4.51. The average Bonchev–Trinajstić information content (AvgIpc) is 2.28. The lowest BCUT2D eigenvalue weighted by Gasteiger charge is -2.03. The first-order chi connectivity index (χ1) is 5.88. The predicted molar refractivity (Wildman–Crippen MR) is 43.7 cm³/mol. The Bertz CT molecular complexity index is 365. The Balaban J connectivity index is 3.39. The van der Waals surface area contributed by atoms with Crippen LogP contribution in [0, 0.1) is 0 Å². The molecule has 0 unspecified atom stereocenters. The fourth-order valence-electron chi connectivity index (χ4n) is 0.954. The molecule has 0 radical (unpaired) electrons. The molecule has 0 saturated carbocycles. The number of hydrogen-bond donors (Lipinski definition) is 1. The van der Waals surface area contributed by atoms with Crippen molar-refractivity contribution in [1.29, 1.82) is 0 Å². The Kier molecular flexibility index (Phi) is 2.56. The molecule has 0 atom stereocenters. The molecule has 1 aromatic heterocycles. The molecule has 0 spiro atoms. The highest BCUT2D eigenvalue weighted by Crippen LogP contribution is 2.29. The molecule has 0 saturated heterocycles. The topological polar surface area (TPSA) is 37.8 Å². The number of hydrogen-bond acceptors (Lipinski definition) is 1. The highest BCUT2D eigenvalue weighted by Gasteiger charge is 2.36. The number of H-pyrrole nitrogens is 1. The number of nitrogens with zero attached hydrogens (tertiary/aromatic N) is 1. The Hall–Kier alpha value is -0.720. The summed E-state index contributed by atoms with van der Waals surface area (Å²) in [7, 11) is 1.24. The van der Waals surface area contributed by atoms with E-state index in [4.69, 9.17) is 0 Å². The fraction of sp³-hybridized carbons (Fsp3) is 0.500. The zero-order valence-corrected chi connectivity index (χ0v) is 8.16. The van der Waals surface area contributed by atoms with Crippen molar-refractivity contribution in [3.05, 3.63) is 21.6 Å². The lowest BCUT2D eigenvalue weighted by atomic mass is 10.3. The zero-order chi connectivity index (χ0) is 10.2. The van der Waals surface area contributed by atoms with Crippen molar-refractivity contribution >= 4 is 15.9 Å². The Morgan fingerprint density at radius 1 is 1.54 bits per heavy atom. The third-order valence-corrected chi connectivity index (χ3v) is 2.12. The van der Waals surface area contributed by atoms with Crippen LogP contribution in [-0.4, -0.2) is 9.78 Å². The number of rotatable bonds is 1. The number of halogens is 4. The van der Waals surface area contributed by atoms with E-state index in [1.807, 2.05) is 5.10 Å². The van der Waals surface area contributed by atoms with Crippen molar-refractivity contribution in [1.82, 2.24) is 9.78 Å². The number of aromatic nitrogens is 2. The molecule has 0 aromatic carbocycles. The number of alkyl halides is 4. The molecule has 1 rings (SSSR count). The number of aryl methyl sites for hydroxylation is 1. The lowest BCUT2D eigenvalue weighted by Crippen LogP contribution is -2.14. The van der Waals surface area contributed by atoms with Crippen LogP contribution in [0.5, 0.6) is 0 Å². The van der Waals surface area contributed by atoms with E-state index in [1.54, 1.807) is 0 Å². The van der Waals surface area contributed by atoms with Crippen molar-refractivity contribution in [3.63, 3.8) is 0 Å². The summed E-state index contributed by atoms with van der Waals surface area (Å²) in [6, 6.07) is 0. The second-order valence-electron chi connectivity index (χ2n) is 2.46. The third-order valence-electron chi connectivity index (χ3n) is 1.56. The van der Waals surface area contributed by atoms with E-state index in [-0.39, 0.29) is 10.9 Å². The maximum atomic E-state index is 12.2. The monoisotopic (exact) mass is 258 g/mol. The molecular formula is C6H6BrF3N2O. The van der Waals surface area contributed by atoms with Gasteiger partial charge in [0.05, 0.1) is 5.56 Å². The van der Waals surface area contributed by atoms with E-state index < -0.39 is 17.4 Å². The van der Waals surface area contributed by atoms with Crippen molar-refractivity contribution in [2.24, 2.45) is 7.05 Å². The Labute approximate surface area is 79.7 Å². The molecule has 0 aliphatic rings. The van der Waals surface area contributed by atoms with E-state index in [1.165, 1.54) is 7.05 Å². The van der Waals surface area contributed by atoms with Crippen molar-refractivity contribution in [2.45, 2.75) is 11.5 Å². The second-order valence-corrected chi connectivity index (χ2v) is 3.02. The first-order valence-corrected chi connectivity index (χ1v) is 4.41. The van der Waals surface area contributed by atoms with Crippen molar-refractivity contribution < 1.29 is 13.2 Å². The molecule has 1 aromatic rings. The molecule has 1 N–H and O–H groups in total. The summed E-state index contributed by atoms with van der Waals surface area (Å²) in [5.74, 6) is 0. The fourth-order valence-corrected chi connectivity index (χ4v) is 1.47. The number of aromatic amines is 1. The van der Waals surface area contributed by atoms with Gasteiger partial charge >= 0.3 is 6.18 Å². The van der Waals surface area contributed by atoms with E-state index in [0.717, 1.165) is 4.68 Å². The Morgan fingerprint density at radius 2 is 2.08 bits per heavy atom. The molecule has 74 valence electrons. The van der Waals surface area contributed by atoms with Gasteiger partial charge in [-0.15, -0.1) is 0 Å². The summed E-state index contributed by atoms with van der Waals surface area (Å²) in [4.78, 5) is 11.1. The van der Waals surface area contributed by atoms with Crippen LogP contribution in [0.3, 0.4) is 0 Å². The smallest absolute Gasteiger partial charge is 0.291 e. The SMILES string of the molecule is Cn1[nH]c(C(F)(F)F)c(CBr)c1=O. The van der Waals surface area contributed by atoms with E-state index in [2.05, 4.69) is 15.9 Å². The molecule has 7 heteroatoms. The van der Waals surface area contributed by atoms with Gasteiger partial charge in [0.15, 0.2) is 0 Å². The van der Waals surface area contributed by atoms with Gasteiger partial charge in [-0.25, -0.2) is 0 Å². The molecule has 1 heterocycles. The van der Waals surface area contributed by atoms with Gasteiger partial charge in [-0.2, -0.15) is 13.2 Å². The molecule has 0 aliphatic heterocycles. The van der Waals surface area contributed by atoms with Crippen LogP contribution in [-0.2, 0) is 18.6 Å². The van der Waals surface area contributed by atoms with Crippen LogP contribution in [0.1, 0.15) is 11.3 Å². The molecule has 3 nitrogen and oxygen atoms in total. The van der Waals surface area contributed by atoms with Crippen LogP contribution < -0.4 is 5.56 Å². The molecule has 0 fully saturated rings. The van der Waals surface area contributed by atoms with Crippen molar-refractivity contribution in [3.8, 4) is 0 Å². The molecule has 0 aliphatic carbocycles. The van der Waals surface area contributed by atoms with Gasteiger partial charge in [0.2, 0.25) is 0 Å². The van der Waals surface area contributed by atoms with E-state index in [0.29, 0.717) is 0 Å². The standard InChI is InChI=1S/C6H6BrF3N2O/c1-12-5(13)3(2-7)4(11-12)6(8,9)10/h11H,2H2,1H3. The molecule has 0 bridgehead atoms. The summed E-state index contributed by atoms with van der Waals surface area (Å²) >= 11 is 2.83. The summed E-state index contributed by atoms with van der Waals surface area (Å²) in [6.45, 7) is 0. The van der Waals surface area contributed by atoms with Crippen LogP contribution in [0.2, 0.25) is 0 Å². The van der Waals surface area contributed by atoms with Crippen LogP contribution in [0.4, 0.5) is 13.2 Å². The van der Waals surface area contributed by atoms with Gasteiger partial charge in [0.25, 0.3) is 5.56 Å². The van der Waals surface area contributed by atoms with Gasteiger partial charge in [-0.05, 0) is 0 Å². The summed E-state index contributed by atoms with van der Waals surface area (Å²) in [5, 5.41) is 1.84. The normalized spacial score (nSPS) is 12.1. The summed E-state index contributed by atoms with van der Waals surface area (Å²) in [5.41, 5.74) is -1.95. The van der Waals surface area contributed by atoms with Gasteiger partial charge in [0.1, 0.15) is 5.69 Å². The van der Waals surface area contributed by atoms with Crippen LogP contribution >= 0.6 is 15.9 Å². The largest absolute Gasteiger partial charge is 0.433 e. The summed E-state index contributed by atoms with van der Waals surface area (Å²) < 4.78 is 37.5. The predicted octanol–water partition coefficient (Wildman–Crippen LogP) is 1.63. The number of nitrogens with one attached hydrogen (secondary N) is 1. The third kappa shape index (κ3) is 1.79. The highest BCUT2D eigenvalue weighted by atomic mass is 79.9. The summed E-state index contributed by atoms with van der Waals surface area (Å²) in [6.07, 6.45) is -4.51. The van der Waals surface area contributed by atoms with Crippen LogP contribution in [0.15, 0.2) is 4.79 Å². The average molecular weight is 259 g/mol. The van der Waals surface area contributed by atoms with E-state index >= 15 is 0 Å². The quantitative estimate of drug-likeness (QED) is 0.764. The van der Waals surface area contributed by atoms with Gasteiger partial charge in [-0.3, -0.25) is 14.6 Å². The minimum absolute atomic E-state index is 0.113. The first kappa shape index (κ1) is 10.4. The van der Waals surface area contributed by atoms with E-state index in [9.17, 15) is 18.0 Å². The highest BCUT2D eigenvalue weighted by molar-refractivity contribution is 9.08. The Morgan fingerprint density at radius 3 is 2.38 bits per heavy atom. The molecular weight excluding hydrogens is 253 g/mol. The first-order valence-electron chi connectivity index (χ1n) is 3.29. The zero-order valence-electron chi connectivity index (χ0n) is 6.57. The molecule has 13 heavy (non-hydrogen) atoms. The van der Waals surface area contributed by atoms with Gasteiger partial charge < -0.3 is 0 Å². The van der Waals surface area contributed by atoms with Gasteiger partial charge in [-0.1, -0.05) is 15.9 Å². The maximum Gasteiger partial charge on any atom is 0.433 e. The molecule has 0 amide bonds. The van der Waals surface area contributed by atoms with Gasteiger partial charge in [0, 0.05) is 12.4 Å². The minimum Gasteiger partial charge on any atom is -0.291 e. The lowest BCUT2D eigenvalue weighted by molar-refractivity contribution is -0.141.